The number of imidazole rings is 1. The number of aromatic nitrogens is 2. The van der Waals surface area contributed by atoms with Crippen LogP contribution in [0.1, 0.15) is 26.3 Å². The first-order chi connectivity index (χ1) is 8.88. The van der Waals surface area contributed by atoms with E-state index < -0.39 is 0 Å². The van der Waals surface area contributed by atoms with Crippen LogP contribution in [0.15, 0.2) is 23.0 Å². The molecule has 0 spiro atoms. The lowest BCUT2D eigenvalue weighted by Gasteiger charge is -2.26. The minimum atomic E-state index is -0.167. The molecule has 0 amide bonds. The summed E-state index contributed by atoms with van der Waals surface area (Å²) in [5.74, 6) is 0. The largest absolute Gasteiger partial charge is 0.327 e. The van der Waals surface area contributed by atoms with Gasteiger partial charge in [-0.05, 0) is 24.6 Å². The van der Waals surface area contributed by atoms with E-state index in [-0.39, 0.29) is 17.1 Å². The van der Waals surface area contributed by atoms with Gasteiger partial charge in [-0.1, -0.05) is 19.9 Å². The van der Waals surface area contributed by atoms with Crippen LogP contribution in [-0.4, -0.2) is 29.1 Å². The zero-order valence-electron chi connectivity index (χ0n) is 11.7. The van der Waals surface area contributed by atoms with E-state index in [1.165, 1.54) is 5.56 Å². The molecular weight excluding hydrogens is 240 g/mol. The Morgan fingerprint density at radius 3 is 2.68 bits per heavy atom. The molecule has 0 radical (unpaired) electrons. The maximum Gasteiger partial charge on any atom is 0.323 e. The fraction of sp³-hybridized carbons (Fsp3) is 0.500. The van der Waals surface area contributed by atoms with Gasteiger partial charge in [-0.15, -0.1) is 0 Å². The molecule has 1 heterocycles. The van der Waals surface area contributed by atoms with Gasteiger partial charge in [-0.3, -0.25) is 0 Å². The molecule has 1 unspecified atom stereocenters. The van der Waals surface area contributed by atoms with Crippen molar-refractivity contribution in [2.75, 3.05) is 13.1 Å². The van der Waals surface area contributed by atoms with Gasteiger partial charge in [-0.2, -0.15) is 0 Å². The highest BCUT2D eigenvalue weighted by atomic mass is 16.1. The first kappa shape index (κ1) is 13.8. The van der Waals surface area contributed by atoms with Gasteiger partial charge in [0.15, 0.2) is 0 Å². The quantitative estimate of drug-likeness (QED) is 0.650. The molecule has 5 N–H and O–H groups in total. The van der Waals surface area contributed by atoms with Crippen molar-refractivity contribution in [1.82, 2.24) is 15.3 Å². The molecule has 0 aliphatic carbocycles. The summed E-state index contributed by atoms with van der Waals surface area (Å²) < 4.78 is 0. The van der Waals surface area contributed by atoms with Gasteiger partial charge in [0.05, 0.1) is 11.0 Å². The zero-order chi connectivity index (χ0) is 14.0. The predicted octanol–water partition coefficient (Wildman–Crippen LogP) is 1.07. The van der Waals surface area contributed by atoms with Crippen molar-refractivity contribution in [3.05, 3.63) is 34.2 Å². The Balaban J connectivity index is 2.19. The number of H-pyrrole nitrogens is 2. The molecule has 0 saturated carbocycles. The lowest BCUT2D eigenvalue weighted by Crippen LogP contribution is -2.38. The Labute approximate surface area is 112 Å². The Kier molecular flexibility index (Phi) is 3.78. The molecule has 1 atom stereocenters. The van der Waals surface area contributed by atoms with Crippen molar-refractivity contribution in [2.45, 2.75) is 32.2 Å². The number of rotatable bonds is 5. The van der Waals surface area contributed by atoms with Gasteiger partial charge >= 0.3 is 5.69 Å². The van der Waals surface area contributed by atoms with Crippen molar-refractivity contribution in [2.24, 2.45) is 5.73 Å². The number of hydrogen-bond donors (Lipinski definition) is 4. The lowest BCUT2D eigenvalue weighted by atomic mass is 9.84. The minimum absolute atomic E-state index is 0.0166. The van der Waals surface area contributed by atoms with Crippen molar-refractivity contribution >= 4 is 11.0 Å². The molecule has 5 heteroatoms. The van der Waals surface area contributed by atoms with Crippen molar-refractivity contribution < 1.29 is 0 Å². The number of fused-ring (bicyclic) bond motifs is 1. The normalized spacial score (nSPS) is 13.9. The Hall–Kier alpha value is -1.59. The van der Waals surface area contributed by atoms with Gasteiger partial charge in [-0.25, -0.2) is 4.79 Å². The van der Waals surface area contributed by atoms with E-state index >= 15 is 0 Å². The molecule has 0 aliphatic rings. The monoisotopic (exact) mass is 262 g/mol. The highest BCUT2D eigenvalue weighted by Crippen LogP contribution is 2.24. The molecule has 1 aromatic carbocycles. The van der Waals surface area contributed by atoms with E-state index in [1.54, 1.807) is 0 Å². The average molecular weight is 262 g/mol. The zero-order valence-corrected chi connectivity index (χ0v) is 11.7. The summed E-state index contributed by atoms with van der Waals surface area (Å²) in [4.78, 5) is 16.8. The SMILES string of the molecule is CC(N)CNCC(C)(C)c1ccc2[nH]c(=O)[nH]c2c1. The first-order valence-corrected chi connectivity index (χ1v) is 6.57. The first-order valence-electron chi connectivity index (χ1n) is 6.57. The van der Waals surface area contributed by atoms with Crippen LogP contribution in [0, 0.1) is 0 Å². The molecule has 2 aromatic rings. The molecule has 19 heavy (non-hydrogen) atoms. The third kappa shape index (κ3) is 3.24. The van der Waals surface area contributed by atoms with E-state index in [1.807, 2.05) is 19.1 Å². The molecule has 5 nitrogen and oxygen atoms in total. The Bertz CT molecular complexity index is 609. The average Bonchev–Trinajstić information content (AvgIpc) is 2.67. The van der Waals surface area contributed by atoms with Crippen molar-refractivity contribution in [3.63, 3.8) is 0 Å². The summed E-state index contributed by atoms with van der Waals surface area (Å²) in [7, 11) is 0. The van der Waals surface area contributed by atoms with Crippen LogP contribution in [0.3, 0.4) is 0 Å². The summed E-state index contributed by atoms with van der Waals surface area (Å²) in [5, 5.41) is 3.37. The third-order valence-corrected chi connectivity index (χ3v) is 3.33. The van der Waals surface area contributed by atoms with Gasteiger partial charge in [0.2, 0.25) is 0 Å². The van der Waals surface area contributed by atoms with E-state index in [0.29, 0.717) is 0 Å². The second kappa shape index (κ2) is 5.19. The fourth-order valence-electron chi connectivity index (χ4n) is 2.17. The van der Waals surface area contributed by atoms with Crippen molar-refractivity contribution in [1.29, 1.82) is 0 Å². The standard InChI is InChI=1S/C14H22N4O/c1-9(15)7-16-8-14(2,3)10-4-5-11-12(6-10)18-13(19)17-11/h4-6,9,16H,7-8,15H2,1-3H3,(H2,17,18,19). The van der Waals surface area contributed by atoms with Gasteiger partial charge in [0, 0.05) is 24.5 Å². The Morgan fingerprint density at radius 2 is 2.00 bits per heavy atom. The Morgan fingerprint density at radius 1 is 1.32 bits per heavy atom. The van der Waals surface area contributed by atoms with Gasteiger partial charge < -0.3 is 21.0 Å². The van der Waals surface area contributed by atoms with Gasteiger partial charge in [0.25, 0.3) is 0 Å². The number of benzene rings is 1. The summed E-state index contributed by atoms with van der Waals surface area (Å²) >= 11 is 0. The molecule has 0 bridgehead atoms. The second-order valence-corrected chi connectivity index (χ2v) is 5.83. The smallest absolute Gasteiger partial charge is 0.323 e. The summed E-state index contributed by atoms with van der Waals surface area (Å²) in [6.07, 6.45) is 0. The number of nitrogens with one attached hydrogen (secondary N) is 3. The van der Waals surface area contributed by atoms with Crippen LogP contribution in [0.4, 0.5) is 0 Å². The maximum absolute atomic E-state index is 11.3. The molecule has 0 saturated heterocycles. The molecule has 0 fully saturated rings. The number of aromatic amines is 2. The molecule has 1 aromatic heterocycles. The number of hydrogen-bond acceptors (Lipinski definition) is 3. The van der Waals surface area contributed by atoms with Crippen LogP contribution >= 0.6 is 0 Å². The fourth-order valence-corrected chi connectivity index (χ4v) is 2.17. The lowest BCUT2D eigenvalue weighted by molar-refractivity contribution is 0.459. The maximum atomic E-state index is 11.3. The van der Waals surface area contributed by atoms with Crippen molar-refractivity contribution in [3.8, 4) is 0 Å². The van der Waals surface area contributed by atoms with Crippen LogP contribution in [-0.2, 0) is 5.41 Å². The minimum Gasteiger partial charge on any atom is -0.327 e. The second-order valence-electron chi connectivity index (χ2n) is 5.83. The highest BCUT2D eigenvalue weighted by molar-refractivity contribution is 5.75. The topological polar surface area (TPSA) is 86.7 Å². The van der Waals surface area contributed by atoms with E-state index in [4.69, 9.17) is 5.73 Å². The van der Waals surface area contributed by atoms with Crippen LogP contribution in [0.25, 0.3) is 11.0 Å². The van der Waals surface area contributed by atoms with E-state index in [0.717, 1.165) is 24.1 Å². The molecule has 2 rings (SSSR count). The molecular formula is C14H22N4O. The van der Waals surface area contributed by atoms with Crippen LogP contribution < -0.4 is 16.7 Å². The third-order valence-electron chi connectivity index (χ3n) is 3.33. The van der Waals surface area contributed by atoms with Crippen LogP contribution in [0.2, 0.25) is 0 Å². The summed E-state index contributed by atoms with van der Waals surface area (Å²) in [5.41, 5.74) is 8.43. The van der Waals surface area contributed by atoms with E-state index in [2.05, 4.69) is 35.2 Å². The molecule has 104 valence electrons. The molecule has 0 aliphatic heterocycles. The van der Waals surface area contributed by atoms with Crippen LogP contribution in [0.5, 0.6) is 0 Å². The predicted molar refractivity (Wildman–Crippen MR) is 78.5 cm³/mol. The highest BCUT2D eigenvalue weighted by Gasteiger charge is 2.20. The van der Waals surface area contributed by atoms with E-state index in [9.17, 15) is 4.79 Å². The number of nitrogens with two attached hydrogens (primary N) is 1. The van der Waals surface area contributed by atoms with Gasteiger partial charge in [0.1, 0.15) is 0 Å². The summed E-state index contributed by atoms with van der Waals surface area (Å²) in [6, 6.07) is 6.18. The summed E-state index contributed by atoms with van der Waals surface area (Å²) in [6.45, 7) is 7.97.